The van der Waals surface area contributed by atoms with Crippen LogP contribution < -0.4 is 5.32 Å². The van der Waals surface area contributed by atoms with E-state index in [9.17, 15) is 36.3 Å². The van der Waals surface area contributed by atoms with Gasteiger partial charge in [-0.3, -0.25) is 13.8 Å². The number of nitrogens with zero attached hydrogens (tertiary/aromatic N) is 1. The highest BCUT2D eigenvalue weighted by Gasteiger charge is 2.51. The SMILES string of the molecule is CCOS(=O)(=O)c1ccc2c(c1)CN(C=O)C2C(=O)Nc1ccc(C(C)(O)C(F)(F)F)cc1. The molecule has 0 bridgehead atoms. The summed E-state index contributed by atoms with van der Waals surface area (Å²) in [6, 6.07) is 7.42. The molecule has 2 unspecified atom stereocenters. The van der Waals surface area contributed by atoms with Crippen LogP contribution in [0.1, 0.15) is 36.6 Å². The summed E-state index contributed by atoms with van der Waals surface area (Å²) in [6.45, 7) is 2.08. The molecule has 3 rings (SSSR count). The topological polar surface area (TPSA) is 113 Å². The zero-order valence-electron chi connectivity index (χ0n) is 17.6. The van der Waals surface area contributed by atoms with E-state index in [1.807, 2.05) is 0 Å². The Balaban J connectivity index is 1.84. The van der Waals surface area contributed by atoms with Crippen molar-refractivity contribution in [1.82, 2.24) is 4.90 Å². The number of nitrogens with one attached hydrogen (secondary N) is 1. The van der Waals surface area contributed by atoms with Crippen molar-refractivity contribution in [3.8, 4) is 0 Å². The molecular formula is C21H21F3N2O6S. The maximum atomic E-state index is 13.0. The fourth-order valence-corrected chi connectivity index (χ4v) is 4.44. The van der Waals surface area contributed by atoms with Crippen LogP contribution in [-0.2, 0) is 36.0 Å². The van der Waals surface area contributed by atoms with Crippen LogP contribution in [0.2, 0.25) is 0 Å². The van der Waals surface area contributed by atoms with Gasteiger partial charge in [-0.25, -0.2) is 0 Å². The molecule has 2 atom stereocenters. The highest BCUT2D eigenvalue weighted by molar-refractivity contribution is 7.86. The molecule has 0 fully saturated rings. The van der Waals surface area contributed by atoms with Gasteiger partial charge in [0.1, 0.15) is 6.04 Å². The summed E-state index contributed by atoms with van der Waals surface area (Å²) < 4.78 is 68.0. The minimum absolute atomic E-state index is 0.0141. The molecule has 0 saturated carbocycles. The van der Waals surface area contributed by atoms with E-state index in [-0.39, 0.29) is 23.7 Å². The molecule has 178 valence electrons. The van der Waals surface area contributed by atoms with Gasteiger partial charge in [0.05, 0.1) is 11.5 Å². The number of carbonyl (C=O) groups is 2. The van der Waals surface area contributed by atoms with Crippen molar-refractivity contribution >= 4 is 28.1 Å². The second-order valence-electron chi connectivity index (χ2n) is 7.54. The maximum Gasteiger partial charge on any atom is 0.421 e. The van der Waals surface area contributed by atoms with Crippen LogP contribution in [0.15, 0.2) is 47.4 Å². The van der Waals surface area contributed by atoms with Crippen LogP contribution in [-0.4, -0.2) is 43.5 Å². The number of amides is 2. The summed E-state index contributed by atoms with van der Waals surface area (Å²) in [7, 11) is -3.98. The van der Waals surface area contributed by atoms with Gasteiger partial charge < -0.3 is 15.3 Å². The quantitative estimate of drug-likeness (QED) is 0.460. The Morgan fingerprint density at radius 1 is 1.24 bits per heavy atom. The third-order valence-corrected chi connectivity index (χ3v) is 6.68. The molecule has 0 aliphatic carbocycles. The summed E-state index contributed by atoms with van der Waals surface area (Å²) in [5.74, 6) is -0.642. The lowest BCUT2D eigenvalue weighted by molar-refractivity contribution is -0.258. The Labute approximate surface area is 188 Å². The minimum atomic E-state index is -4.88. The van der Waals surface area contributed by atoms with E-state index in [0.29, 0.717) is 24.5 Å². The first-order valence-electron chi connectivity index (χ1n) is 9.75. The van der Waals surface area contributed by atoms with Crippen molar-refractivity contribution < 1.29 is 40.5 Å². The molecule has 0 saturated heterocycles. The smallest absolute Gasteiger partial charge is 0.376 e. The number of carbonyl (C=O) groups excluding carboxylic acids is 2. The summed E-state index contributed by atoms with van der Waals surface area (Å²) in [5, 5.41) is 12.3. The third-order valence-electron chi connectivity index (χ3n) is 5.31. The van der Waals surface area contributed by atoms with Crippen molar-refractivity contribution in [3.63, 3.8) is 0 Å². The summed E-state index contributed by atoms with van der Waals surface area (Å²) >= 11 is 0. The standard InChI is InChI=1S/C21H21F3N2O6S/c1-3-32-33(30,31)16-8-9-17-13(10-16)11-26(12-27)18(17)19(28)25-15-6-4-14(5-7-15)20(2,29)21(22,23)24/h4-10,12,18,29H,3,11H2,1-2H3,(H,25,28). The number of hydrogen-bond acceptors (Lipinski definition) is 6. The highest BCUT2D eigenvalue weighted by Crippen LogP contribution is 2.39. The normalized spacial score (nSPS) is 17.9. The summed E-state index contributed by atoms with van der Waals surface area (Å²) in [4.78, 5) is 25.5. The molecule has 8 nitrogen and oxygen atoms in total. The number of benzene rings is 2. The maximum absolute atomic E-state index is 13.0. The number of halogens is 3. The van der Waals surface area contributed by atoms with Gasteiger partial charge in [0.15, 0.2) is 5.60 Å². The minimum Gasteiger partial charge on any atom is -0.376 e. The Hall–Kier alpha value is -2.96. The van der Waals surface area contributed by atoms with Crippen LogP contribution in [0.4, 0.5) is 18.9 Å². The fourth-order valence-electron chi connectivity index (χ4n) is 3.47. The molecule has 2 aromatic carbocycles. The highest BCUT2D eigenvalue weighted by atomic mass is 32.2. The zero-order chi connectivity index (χ0) is 24.6. The Morgan fingerprint density at radius 2 is 1.88 bits per heavy atom. The van der Waals surface area contributed by atoms with E-state index in [0.717, 1.165) is 12.1 Å². The average Bonchev–Trinajstić information content (AvgIpc) is 3.11. The van der Waals surface area contributed by atoms with Crippen molar-refractivity contribution in [2.75, 3.05) is 11.9 Å². The van der Waals surface area contributed by atoms with Gasteiger partial charge in [-0.2, -0.15) is 21.6 Å². The lowest BCUT2D eigenvalue weighted by Crippen LogP contribution is -2.39. The molecule has 0 spiro atoms. The van der Waals surface area contributed by atoms with Gasteiger partial charge in [-0.05, 0) is 54.8 Å². The number of anilines is 1. The Kier molecular flexibility index (Phi) is 6.55. The Bertz CT molecular complexity index is 1160. The van der Waals surface area contributed by atoms with Crippen molar-refractivity contribution in [1.29, 1.82) is 0 Å². The molecular weight excluding hydrogens is 465 g/mol. The monoisotopic (exact) mass is 486 g/mol. The van der Waals surface area contributed by atoms with E-state index in [1.165, 1.54) is 42.2 Å². The van der Waals surface area contributed by atoms with Crippen LogP contribution in [0, 0.1) is 0 Å². The first kappa shape index (κ1) is 24.7. The van der Waals surface area contributed by atoms with E-state index in [2.05, 4.69) is 5.32 Å². The van der Waals surface area contributed by atoms with Crippen molar-refractivity contribution in [2.45, 2.75) is 43.1 Å². The third kappa shape index (κ3) is 4.72. The molecule has 1 aliphatic rings. The second-order valence-corrected chi connectivity index (χ2v) is 9.15. The average molecular weight is 486 g/mol. The van der Waals surface area contributed by atoms with Crippen LogP contribution in [0.3, 0.4) is 0 Å². The summed E-state index contributed by atoms with van der Waals surface area (Å²) in [6.07, 6.45) is -4.44. The largest absolute Gasteiger partial charge is 0.421 e. The molecule has 33 heavy (non-hydrogen) atoms. The van der Waals surface area contributed by atoms with E-state index in [4.69, 9.17) is 4.18 Å². The first-order chi connectivity index (χ1) is 15.3. The molecule has 1 heterocycles. The van der Waals surface area contributed by atoms with Gasteiger partial charge in [0.2, 0.25) is 6.41 Å². The van der Waals surface area contributed by atoms with Crippen molar-refractivity contribution in [3.05, 3.63) is 59.2 Å². The van der Waals surface area contributed by atoms with E-state index in [1.54, 1.807) is 0 Å². The zero-order valence-corrected chi connectivity index (χ0v) is 18.4. The number of alkyl halides is 3. The van der Waals surface area contributed by atoms with Crippen LogP contribution in [0.25, 0.3) is 0 Å². The van der Waals surface area contributed by atoms with Gasteiger partial charge in [-0.15, -0.1) is 0 Å². The number of aliphatic hydroxyl groups is 1. The number of hydrogen-bond donors (Lipinski definition) is 2. The molecule has 2 aromatic rings. The molecule has 2 N–H and O–H groups in total. The molecule has 1 aliphatic heterocycles. The van der Waals surface area contributed by atoms with Crippen LogP contribution in [0.5, 0.6) is 0 Å². The van der Waals surface area contributed by atoms with E-state index >= 15 is 0 Å². The molecule has 0 radical (unpaired) electrons. The van der Waals surface area contributed by atoms with Gasteiger partial charge in [0, 0.05) is 12.2 Å². The lowest BCUT2D eigenvalue weighted by Gasteiger charge is -2.27. The van der Waals surface area contributed by atoms with Gasteiger partial charge in [0.25, 0.3) is 16.0 Å². The predicted octanol–water partition coefficient (Wildman–Crippen LogP) is 2.83. The number of fused-ring (bicyclic) bond motifs is 1. The predicted molar refractivity (Wildman–Crippen MR) is 110 cm³/mol. The molecule has 0 aromatic heterocycles. The molecule has 2 amide bonds. The second kappa shape index (κ2) is 8.76. The number of rotatable bonds is 7. The first-order valence-corrected chi connectivity index (χ1v) is 11.2. The molecule has 12 heteroatoms. The van der Waals surface area contributed by atoms with Crippen LogP contribution >= 0.6 is 0 Å². The van der Waals surface area contributed by atoms with Crippen molar-refractivity contribution in [2.24, 2.45) is 0 Å². The van der Waals surface area contributed by atoms with Gasteiger partial charge in [-0.1, -0.05) is 18.2 Å². The Morgan fingerprint density at radius 3 is 2.42 bits per heavy atom. The lowest BCUT2D eigenvalue weighted by atomic mass is 9.95. The summed E-state index contributed by atoms with van der Waals surface area (Å²) in [5.41, 5.74) is -2.46. The fraction of sp³-hybridized carbons (Fsp3) is 0.333. The van der Waals surface area contributed by atoms with Gasteiger partial charge >= 0.3 is 6.18 Å². The van der Waals surface area contributed by atoms with E-state index < -0.39 is 39.4 Å².